The molecule has 2 atom stereocenters. The van der Waals surface area contributed by atoms with E-state index in [0.29, 0.717) is 0 Å². The predicted octanol–water partition coefficient (Wildman–Crippen LogP) is -1.62. The van der Waals surface area contributed by atoms with Crippen molar-refractivity contribution in [1.29, 1.82) is 0 Å². The Morgan fingerprint density at radius 1 is 1.50 bits per heavy atom. The lowest BCUT2D eigenvalue weighted by Gasteiger charge is -2.17. The van der Waals surface area contributed by atoms with Gasteiger partial charge in [0.2, 0.25) is 5.91 Å². The Morgan fingerprint density at radius 2 is 2.15 bits per heavy atom. The van der Waals surface area contributed by atoms with E-state index in [2.05, 4.69) is 20.0 Å². The van der Waals surface area contributed by atoms with E-state index in [0.717, 1.165) is 13.3 Å². The highest BCUT2D eigenvalue weighted by molar-refractivity contribution is 5.91. The van der Waals surface area contributed by atoms with Crippen LogP contribution in [-0.2, 0) is 9.53 Å². The van der Waals surface area contributed by atoms with Gasteiger partial charge in [-0.25, -0.2) is 14.8 Å². The van der Waals surface area contributed by atoms with Crippen molar-refractivity contribution in [3.63, 3.8) is 0 Å². The number of hydrogen-bond acceptors (Lipinski definition) is 8. The maximum absolute atomic E-state index is 11.4. The minimum atomic E-state index is -1.43. The minimum Gasteiger partial charge on any atom is -0.464 e. The first-order valence-corrected chi connectivity index (χ1v) is 5.68. The Bertz CT molecular complexity index is 508. The van der Waals surface area contributed by atoms with Gasteiger partial charge in [0.15, 0.2) is 11.5 Å². The lowest BCUT2D eigenvalue weighted by molar-refractivity contribution is -0.119. The number of rotatable bonds is 5. The van der Waals surface area contributed by atoms with Gasteiger partial charge in [-0.1, -0.05) is 0 Å². The molecule has 9 heteroatoms. The molecule has 0 radical (unpaired) electrons. The summed E-state index contributed by atoms with van der Waals surface area (Å²) in [5.74, 6) is -1.31. The molecule has 1 heterocycles. The Hall–Kier alpha value is -2.26. The zero-order chi connectivity index (χ0) is 15.3. The first-order chi connectivity index (χ1) is 9.36. The number of aliphatic hydroxyl groups is 2. The monoisotopic (exact) mass is 284 g/mol. The zero-order valence-corrected chi connectivity index (χ0v) is 11.0. The number of methoxy groups -OCH3 is 1. The highest BCUT2D eigenvalue weighted by atomic mass is 16.5. The molecular weight excluding hydrogens is 268 g/mol. The first-order valence-electron chi connectivity index (χ1n) is 5.68. The summed E-state index contributed by atoms with van der Waals surface area (Å²) in [7, 11) is 1.15. The minimum absolute atomic E-state index is 0.0579. The fourth-order valence-corrected chi connectivity index (χ4v) is 1.36. The van der Waals surface area contributed by atoms with Gasteiger partial charge in [0, 0.05) is 13.5 Å². The summed E-state index contributed by atoms with van der Waals surface area (Å²) < 4.78 is 4.47. The van der Waals surface area contributed by atoms with Gasteiger partial charge in [0.1, 0.15) is 12.2 Å². The number of anilines is 1. The third kappa shape index (κ3) is 3.87. The maximum Gasteiger partial charge on any atom is 0.360 e. The van der Waals surface area contributed by atoms with Crippen LogP contribution in [0.25, 0.3) is 0 Å². The maximum atomic E-state index is 11.4. The second-order valence-corrected chi connectivity index (χ2v) is 3.97. The molecule has 0 aliphatic rings. The van der Waals surface area contributed by atoms with Crippen LogP contribution in [0.15, 0.2) is 6.20 Å². The number of carbonyl (C=O) groups is 2. The van der Waals surface area contributed by atoms with Crippen molar-refractivity contribution in [2.75, 3.05) is 19.4 Å². The lowest BCUT2D eigenvalue weighted by atomic mass is 10.1. The van der Waals surface area contributed by atoms with Crippen molar-refractivity contribution >= 4 is 17.7 Å². The fraction of sp³-hybridized carbons (Fsp3) is 0.455. The van der Waals surface area contributed by atoms with E-state index in [9.17, 15) is 19.8 Å². The van der Waals surface area contributed by atoms with Crippen LogP contribution in [0.1, 0.15) is 29.2 Å². The van der Waals surface area contributed by atoms with Gasteiger partial charge in [-0.3, -0.25) is 4.79 Å². The summed E-state index contributed by atoms with van der Waals surface area (Å²) >= 11 is 0. The first kappa shape index (κ1) is 15.8. The molecule has 2 unspecified atom stereocenters. The van der Waals surface area contributed by atoms with E-state index in [1.807, 2.05) is 0 Å². The highest BCUT2D eigenvalue weighted by Crippen LogP contribution is 2.16. The Kier molecular flexibility index (Phi) is 5.35. The van der Waals surface area contributed by atoms with Crippen LogP contribution in [0.4, 0.5) is 5.82 Å². The van der Waals surface area contributed by atoms with Crippen LogP contribution in [0.2, 0.25) is 0 Å². The normalized spacial score (nSPS) is 13.4. The van der Waals surface area contributed by atoms with Gasteiger partial charge in [0.25, 0.3) is 0 Å². The van der Waals surface area contributed by atoms with Crippen molar-refractivity contribution in [1.82, 2.24) is 15.3 Å². The average molecular weight is 284 g/mol. The van der Waals surface area contributed by atoms with Gasteiger partial charge >= 0.3 is 5.97 Å². The summed E-state index contributed by atoms with van der Waals surface area (Å²) in [6, 6.07) is 0. The number of nitrogens with zero attached hydrogens (tertiary/aromatic N) is 2. The summed E-state index contributed by atoms with van der Waals surface area (Å²) in [6.07, 6.45) is -1.61. The molecule has 5 N–H and O–H groups in total. The van der Waals surface area contributed by atoms with Crippen LogP contribution >= 0.6 is 0 Å². The standard InChI is InChI=1S/C11H16N4O5/c1-5(16)13-4-7(17)9(18)6-3-14-10(12)8(15-6)11(19)20-2/h3,7,9,17-18H,4H2,1-2H3,(H2,12,14)(H,13,16). The molecule has 0 bridgehead atoms. The molecule has 20 heavy (non-hydrogen) atoms. The van der Waals surface area contributed by atoms with Crippen molar-refractivity contribution in [3.8, 4) is 0 Å². The van der Waals surface area contributed by atoms with Crippen LogP contribution in [0.5, 0.6) is 0 Å². The number of nitrogen functional groups attached to an aromatic ring is 1. The van der Waals surface area contributed by atoms with Crippen LogP contribution in [-0.4, -0.2) is 51.8 Å². The van der Waals surface area contributed by atoms with E-state index in [4.69, 9.17) is 5.73 Å². The molecule has 1 aromatic rings. The van der Waals surface area contributed by atoms with Gasteiger partial charge in [-0.15, -0.1) is 0 Å². The van der Waals surface area contributed by atoms with E-state index in [1.165, 1.54) is 6.92 Å². The number of hydrogen-bond donors (Lipinski definition) is 4. The molecule has 0 fully saturated rings. The van der Waals surface area contributed by atoms with Crippen LogP contribution < -0.4 is 11.1 Å². The molecule has 0 aromatic carbocycles. The Balaban J connectivity index is 2.90. The number of carbonyl (C=O) groups excluding carboxylic acids is 2. The fourth-order valence-electron chi connectivity index (χ4n) is 1.36. The van der Waals surface area contributed by atoms with Gasteiger partial charge < -0.3 is 26.0 Å². The third-order valence-corrected chi connectivity index (χ3v) is 2.43. The number of nitrogens with two attached hydrogens (primary N) is 1. The molecule has 9 nitrogen and oxygen atoms in total. The Morgan fingerprint density at radius 3 is 2.70 bits per heavy atom. The number of nitrogens with one attached hydrogen (secondary N) is 1. The number of amides is 1. The number of esters is 1. The number of ether oxygens (including phenoxy) is 1. The topological polar surface area (TPSA) is 148 Å². The van der Waals surface area contributed by atoms with Crippen molar-refractivity contribution < 1.29 is 24.5 Å². The molecule has 0 saturated carbocycles. The molecule has 0 spiro atoms. The molecular formula is C11H16N4O5. The van der Waals surface area contributed by atoms with Gasteiger partial charge in [0.05, 0.1) is 19.0 Å². The van der Waals surface area contributed by atoms with E-state index >= 15 is 0 Å². The molecule has 0 saturated heterocycles. The van der Waals surface area contributed by atoms with Crippen molar-refractivity contribution in [2.45, 2.75) is 19.1 Å². The second-order valence-electron chi connectivity index (χ2n) is 3.97. The predicted molar refractivity (Wildman–Crippen MR) is 67.4 cm³/mol. The quantitative estimate of drug-likeness (QED) is 0.471. The second kappa shape index (κ2) is 6.78. The number of aliphatic hydroxyl groups excluding tert-OH is 2. The lowest BCUT2D eigenvalue weighted by Crippen LogP contribution is -2.34. The Labute approximate surface area is 114 Å². The molecule has 1 aromatic heterocycles. The number of aromatic nitrogens is 2. The SMILES string of the molecule is COC(=O)c1nc(C(O)C(O)CNC(C)=O)cnc1N. The molecule has 1 amide bonds. The van der Waals surface area contributed by atoms with E-state index in [1.54, 1.807) is 0 Å². The highest BCUT2D eigenvalue weighted by Gasteiger charge is 2.23. The zero-order valence-electron chi connectivity index (χ0n) is 11.0. The van der Waals surface area contributed by atoms with Crippen LogP contribution in [0, 0.1) is 0 Å². The molecule has 110 valence electrons. The van der Waals surface area contributed by atoms with E-state index in [-0.39, 0.29) is 29.7 Å². The molecule has 0 aliphatic heterocycles. The third-order valence-electron chi connectivity index (χ3n) is 2.43. The smallest absolute Gasteiger partial charge is 0.360 e. The van der Waals surface area contributed by atoms with E-state index < -0.39 is 18.2 Å². The van der Waals surface area contributed by atoms with Crippen molar-refractivity contribution in [3.05, 3.63) is 17.6 Å². The molecule has 0 aliphatic carbocycles. The van der Waals surface area contributed by atoms with Gasteiger partial charge in [-0.2, -0.15) is 0 Å². The average Bonchev–Trinajstić information content (AvgIpc) is 2.43. The van der Waals surface area contributed by atoms with Crippen LogP contribution in [0.3, 0.4) is 0 Å². The largest absolute Gasteiger partial charge is 0.464 e. The van der Waals surface area contributed by atoms with Crippen molar-refractivity contribution in [2.24, 2.45) is 0 Å². The summed E-state index contributed by atoms with van der Waals surface area (Å²) in [4.78, 5) is 29.6. The molecule has 1 rings (SSSR count). The summed E-state index contributed by atoms with van der Waals surface area (Å²) in [5, 5.41) is 21.9. The summed E-state index contributed by atoms with van der Waals surface area (Å²) in [6.45, 7) is 1.10. The summed E-state index contributed by atoms with van der Waals surface area (Å²) in [5.41, 5.74) is 5.15. The van der Waals surface area contributed by atoms with Gasteiger partial charge in [-0.05, 0) is 0 Å².